The van der Waals surface area contributed by atoms with Gasteiger partial charge in [-0.1, -0.05) is 42.5 Å². The molecule has 132 valence electrons. The molecule has 6 nitrogen and oxygen atoms in total. The number of thiazole rings is 1. The van der Waals surface area contributed by atoms with Crippen molar-refractivity contribution in [1.29, 1.82) is 0 Å². The van der Waals surface area contributed by atoms with Crippen LogP contribution in [0.3, 0.4) is 0 Å². The second-order valence-corrected chi connectivity index (χ2v) is 7.09. The average Bonchev–Trinajstić information content (AvgIpc) is 3.25. The maximum atomic E-state index is 12.9. The van der Waals surface area contributed by atoms with Crippen LogP contribution < -0.4 is 5.32 Å². The molecule has 0 spiro atoms. The quantitative estimate of drug-likeness (QED) is 0.689. The van der Waals surface area contributed by atoms with Crippen LogP contribution in [0.25, 0.3) is 16.2 Å². The van der Waals surface area contributed by atoms with Crippen LogP contribution >= 0.6 is 11.3 Å². The van der Waals surface area contributed by atoms with Gasteiger partial charge in [-0.05, 0) is 12.8 Å². The predicted molar refractivity (Wildman–Crippen MR) is 100 cm³/mol. The molecule has 4 rings (SSSR count). The van der Waals surface area contributed by atoms with Gasteiger partial charge in [0.05, 0.1) is 11.8 Å². The van der Waals surface area contributed by atoms with Crippen LogP contribution in [0.15, 0.2) is 54.1 Å². The number of hydrogen-bond donors (Lipinski definition) is 2. The van der Waals surface area contributed by atoms with E-state index in [1.165, 1.54) is 11.3 Å². The van der Waals surface area contributed by atoms with Gasteiger partial charge in [0.25, 0.3) is 0 Å². The van der Waals surface area contributed by atoms with E-state index in [1.807, 2.05) is 58.5 Å². The second-order valence-electron chi connectivity index (χ2n) is 6.21. The number of carbonyl (C=O) groups excluding carboxylic acids is 1. The number of carboxylic acid groups (broad SMARTS) is 1. The number of nitrogens with one attached hydrogen (secondary N) is 1. The van der Waals surface area contributed by atoms with Gasteiger partial charge in [0.2, 0.25) is 5.91 Å². The fraction of sp³-hybridized carbons (Fsp3) is 0.211. The minimum Gasteiger partial charge on any atom is -0.481 e. The summed E-state index contributed by atoms with van der Waals surface area (Å²) in [5, 5.41) is 14.3. The van der Waals surface area contributed by atoms with Crippen LogP contribution in [0.1, 0.15) is 12.8 Å². The Hall–Kier alpha value is -2.93. The highest BCUT2D eigenvalue weighted by Crippen LogP contribution is 2.33. The second kappa shape index (κ2) is 6.76. The van der Waals surface area contributed by atoms with Crippen molar-refractivity contribution in [2.45, 2.75) is 12.8 Å². The number of fused-ring (bicyclic) bond motifs is 1. The molecule has 0 unspecified atom stereocenters. The van der Waals surface area contributed by atoms with Gasteiger partial charge in [0.1, 0.15) is 11.5 Å². The molecule has 2 atom stereocenters. The summed E-state index contributed by atoms with van der Waals surface area (Å²) in [4.78, 5) is 29.8. The zero-order valence-electron chi connectivity index (χ0n) is 13.8. The van der Waals surface area contributed by atoms with Gasteiger partial charge in [-0.15, -0.1) is 11.3 Å². The zero-order chi connectivity index (χ0) is 18.1. The largest absolute Gasteiger partial charge is 0.481 e. The monoisotopic (exact) mass is 367 g/mol. The molecule has 1 amide bonds. The number of rotatable bonds is 4. The first-order chi connectivity index (χ1) is 12.6. The summed E-state index contributed by atoms with van der Waals surface area (Å²) in [5.74, 6) is -1.94. The van der Waals surface area contributed by atoms with Crippen molar-refractivity contribution >= 4 is 34.0 Å². The third kappa shape index (κ3) is 2.90. The predicted octanol–water partition coefficient (Wildman–Crippen LogP) is 3.67. The van der Waals surface area contributed by atoms with Gasteiger partial charge in [-0.3, -0.25) is 14.0 Å². The summed E-state index contributed by atoms with van der Waals surface area (Å²) in [6, 6.07) is 9.63. The van der Waals surface area contributed by atoms with Gasteiger partial charge < -0.3 is 10.4 Å². The Morgan fingerprint density at radius 2 is 1.88 bits per heavy atom. The molecular formula is C19H17N3O3S. The van der Waals surface area contributed by atoms with Crippen LogP contribution in [0.4, 0.5) is 5.82 Å². The number of hydrogen-bond acceptors (Lipinski definition) is 4. The van der Waals surface area contributed by atoms with Crippen molar-refractivity contribution in [2.75, 3.05) is 5.32 Å². The third-order valence-corrected chi connectivity index (χ3v) is 5.39. The standard InChI is InChI=1S/C19H17N3O3S/c23-17(13-8-4-5-9-14(13)18(24)25)21-16-15(12-6-2-1-3-7-12)20-19-22(16)10-11-26-19/h1-7,10-11,13-14H,8-9H2,(H,21,23)(H,24,25)/t13-,14+/m1/s1. The molecule has 1 aliphatic rings. The molecule has 0 radical (unpaired) electrons. The Balaban J connectivity index is 1.70. The SMILES string of the molecule is O=C(O)[C@H]1CC=CC[C@H]1C(=O)Nc1c(-c2ccccc2)nc2sccn12. The van der Waals surface area contributed by atoms with Gasteiger partial charge in [0, 0.05) is 17.1 Å². The summed E-state index contributed by atoms with van der Waals surface area (Å²) in [6.07, 6.45) is 6.35. The van der Waals surface area contributed by atoms with Gasteiger partial charge in [0.15, 0.2) is 4.96 Å². The number of allylic oxidation sites excluding steroid dienone is 2. The highest BCUT2D eigenvalue weighted by Gasteiger charge is 2.34. The summed E-state index contributed by atoms with van der Waals surface area (Å²) in [7, 11) is 0. The summed E-state index contributed by atoms with van der Waals surface area (Å²) in [5.41, 5.74) is 1.58. The zero-order valence-corrected chi connectivity index (χ0v) is 14.6. The molecule has 0 bridgehead atoms. The third-order valence-electron chi connectivity index (χ3n) is 4.64. The van der Waals surface area contributed by atoms with Gasteiger partial charge in [-0.25, -0.2) is 4.98 Å². The summed E-state index contributed by atoms with van der Waals surface area (Å²) in [6.45, 7) is 0. The van der Waals surface area contributed by atoms with Crippen LogP contribution in [0.2, 0.25) is 0 Å². The number of nitrogens with zero attached hydrogens (tertiary/aromatic N) is 2. The van der Waals surface area contributed by atoms with E-state index in [2.05, 4.69) is 10.3 Å². The fourth-order valence-electron chi connectivity index (χ4n) is 3.29. The average molecular weight is 367 g/mol. The number of carboxylic acids is 1. The Bertz CT molecular complexity index is 990. The number of aliphatic carboxylic acids is 1. The van der Waals surface area contributed by atoms with Crippen molar-refractivity contribution in [2.24, 2.45) is 11.8 Å². The fourth-order valence-corrected chi connectivity index (χ4v) is 4.00. The summed E-state index contributed by atoms with van der Waals surface area (Å²) < 4.78 is 1.83. The first-order valence-electron chi connectivity index (χ1n) is 8.35. The molecular weight excluding hydrogens is 350 g/mol. The van der Waals surface area contributed by atoms with Crippen molar-refractivity contribution in [1.82, 2.24) is 9.38 Å². The number of amides is 1. The number of imidazole rings is 1. The molecule has 3 aromatic rings. The van der Waals surface area contributed by atoms with Crippen LogP contribution in [0, 0.1) is 11.8 Å². The van der Waals surface area contributed by atoms with E-state index in [4.69, 9.17) is 0 Å². The van der Waals surface area contributed by atoms with E-state index in [0.29, 0.717) is 24.4 Å². The van der Waals surface area contributed by atoms with E-state index in [0.717, 1.165) is 10.5 Å². The van der Waals surface area contributed by atoms with Gasteiger partial charge in [-0.2, -0.15) is 0 Å². The molecule has 1 aromatic carbocycles. The Labute approximate surface area is 153 Å². The highest BCUT2D eigenvalue weighted by atomic mass is 32.1. The van der Waals surface area contributed by atoms with Crippen LogP contribution in [0.5, 0.6) is 0 Å². The number of aromatic nitrogens is 2. The molecule has 1 aliphatic carbocycles. The lowest BCUT2D eigenvalue weighted by molar-refractivity contribution is -0.146. The highest BCUT2D eigenvalue weighted by molar-refractivity contribution is 7.15. The Kier molecular flexibility index (Phi) is 4.30. The maximum absolute atomic E-state index is 12.9. The molecule has 0 aliphatic heterocycles. The lowest BCUT2D eigenvalue weighted by Gasteiger charge is -2.24. The molecule has 2 N–H and O–H groups in total. The topological polar surface area (TPSA) is 83.7 Å². The van der Waals surface area contributed by atoms with E-state index >= 15 is 0 Å². The molecule has 2 heterocycles. The lowest BCUT2D eigenvalue weighted by atomic mass is 9.82. The molecule has 2 aromatic heterocycles. The molecule has 0 fully saturated rings. The van der Waals surface area contributed by atoms with E-state index < -0.39 is 17.8 Å². The smallest absolute Gasteiger partial charge is 0.307 e. The van der Waals surface area contributed by atoms with Crippen LogP contribution in [-0.4, -0.2) is 26.4 Å². The van der Waals surface area contributed by atoms with Crippen molar-refractivity contribution in [3.63, 3.8) is 0 Å². The van der Waals surface area contributed by atoms with E-state index in [-0.39, 0.29) is 5.91 Å². The number of benzene rings is 1. The Morgan fingerprint density at radius 3 is 2.62 bits per heavy atom. The molecule has 0 saturated carbocycles. The molecule has 26 heavy (non-hydrogen) atoms. The Morgan fingerprint density at radius 1 is 1.15 bits per heavy atom. The van der Waals surface area contributed by atoms with E-state index in [1.54, 1.807) is 0 Å². The first-order valence-corrected chi connectivity index (χ1v) is 9.22. The minimum absolute atomic E-state index is 0.285. The normalized spacial score (nSPS) is 19.5. The number of anilines is 1. The maximum Gasteiger partial charge on any atom is 0.307 e. The summed E-state index contributed by atoms with van der Waals surface area (Å²) >= 11 is 1.48. The minimum atomic E-state index is -0.938. The van der Waals surface area contributed by atoms with Gasteiger partial charge >= 0.3 is 5.97 Å². The molecule has 0 saturated heterocycles. The first kappa shape index (κ1) is 16.5. The molecule has 7 heteroatoms. The lowest BCUT2D eigenvalue weighted by Crippen LogP contribution is -2.35. The van der Waals surface area contributed by atoms with Crippen molar-refractivity contribution < 1.29 is 14.7 Å². The van der Waals surface area contributed by atoms with Crippen molar-refractivity contribution in [3.05, 3.63) is 54.1 Å². The van der Waals surface area contributed by atoms with E-state index in [9.17, 15) is 14.7 Å². The number of carbonyl (C=O) groups is 2. The van der Waals surface area contributed by atoms with Crippen molar-refractivity contribution in [3.8, 4) is 11.3 Å². The van der Waals surface area contributed by atoms with Crippen LogP contribution in [-0.2, 0) is 9.59 Å².